The lowest BCUT2D eigenvalue weighted by atomic mass is 9.88. The third-order valence-corrected chi connectivity index (χ3v) is 12.2. The maximum atomic E-state index is 2.44. The number of aryl methyl sites for hydroxylation is 4. The summed E-state index contributed by atoms with van der Waals surface area (Å²) in [4.78, 5) is 4.87. The Kier molecular flexibility index (Phi) is 10.2. The van der Waals surface area contributed by atoms with E-state index < -0.39 is 0 Å². The van der Waals surface area contributed by atoms with Crippen LogP contribution in [0.2, 0.25) is 0 Å². The van der Waals surface area contributed by atoms with Crippen molar-refractivity contribution < 1.29 is 0 Å². The molecule has 0 unspecified atom stereocenters. The molecular weight excluding hydrogens is 749 g/mol. The predicted molar refractivity (Wildman–Crippen MR) is 266 cm³/mol. The van der Waals surface area contributed by atoms with Crippen LogP contribution >= 0.6 is 0 Å². The highest BCUT2D eigenvalue weighted by atomic mass is 15.2. The molecule has 62 heavy (non-hydrogen) atoms. The number of fused-ring (bicyclic) bond motifs is 2. The molecule has 10 rings (SSSR count). The molecular formula is C60H48N2. The van der Waals surface area contributed by atoms with E-state index in [1.165, 1.54) is 77.2 Å². The lowest BCUT2D eigenvalue weighted by Gasteiger charge is -2.31. The molecule has 0 saturated heterocycles. The molecule has 0 aliphatic heterocycles. The monoisotopic (exact) mass is 796 g/mol. The molecule has 298 valence electrons. The first kappa shape index (κ1) is 38.5. The van der Waals surface area contributed by atoms with Gasteiger partial charge in [0.2, 0.25) is 0 Å². The molecule has 0 bridgehead atoms. The lowest BCUT2D eigenvalue weighted by Crippen LogP contribution is -2.13. The molecule has 0 N–H and O–H groups in total. The molecule has 0 spiro atoms. The second-order valence-electron chi connectivity index (χ2n) is 16.4. The highest BCUT2D eigenvalue weighted by Gasteiger charge is 2.23. The maximum Gasteiger partial charge on any atom is 0.0540 e. The van der Waals surface area contributed by atoms with E-state index in [0.29, 0.717) is 0 Å². The Morgan fingerprint density at radius 3 is 0.968 bits per heavy atom. The number of para-hydroxylation sites is 2. The summed E-state index contributed by atoms with van der Waals surface area (Å²) in [5.74, 6) is 0. The normalized spacial score (nSPS) is 11.2. The fourth-order valence-electron chi connectivity index (χ4n) is 9.48. The molecule has 0 fully saturated rings. The molecule has 0 aliphatic carbocycles. The van der Waals surface area contributed by atoms with Crippen LogP contribution < -0.4 is 9.80 Å². The highest BCUT2D eigenvalue weighted by Crippen LogP contribution is 2.47. The smallest absolute Gasteiger partial charge is 0.0540 e. The molecule has 0 aromatic heterocycles. The van der Waals surface area contributed by atoms with E-state index in [4.69, 9.17) is 0 Å². The first-order valence-electron chi connectivity index (χ1n) is 21.5. The number of anilines is 6. The van der Waals surface area contributed by atoms with Gasteiger partial charge in [0.05, 0.1) is 11.4 Å². The van der Waals surface area contributed by atoms with Gasteiger partial charge in [-0.2, -0.15) is 0 Å². The van der Waals surface area contributed by atoms with Gasteiger partial charge in [-0.05, 0) is 154 Å². The summed E-state index contributed by atoms with van der Waals surface area (Å²) in [6.45, 7) is 9.10. The molecule has 0 amide bonds. The summed E-state index contributed by atoms with van der Waals surface area (Å²) >= 11 is 0. The summed E-state index contributed by atoms with van der Waals surface area (Å²) in [5.41, 5.74) is 19.1. The third-order valence-electron chi connectivity index (χ3n) is 12.2. The summed E-state index contributed by atoms with van der Waals surface area (Å²) in [6, 6.07) is 79.4. The molecule has 0 atom stereocenters. The molecule has 10 aromatic rings. The average molecular weight is 797 g/mol. The Balaban J connectivity index is 1.12. The summed E-state index contributed by atoms with van der Waals surface area (Å²) in [7, 11) is 0. The molecule has 2 nitrogen and oxygen atoms in total. The van der Waals surface area contributed by atoms with E-state index in [2.05, 4.69) is 256 Å². The van der Waals surface area contributed by atoms with Gasteiger partial charge in [0, 0.05) is 33.9 Å². The Bertz CT molecular complexity index is 2970. The van der Waals surface area contributed by atoms with Crippen LogP contribution in [0.4, 0.5) is 34.1 Å². The quantitative estimate of drug-likeness (QED) is 0.144. The lowest BCUT2D eigenvalue weighted by molar-refractivity contribution is 1.24. The van der Waals surface area contributed by atoms with Gasteiger partial charge < -0.3 is 9.80 Å². The van der Waals surface area contributed by atoms with E-state index in [-0.39, 0.29) is 0 Å². The van der Waals surface area contributed by atoms with Crippen molar-refractivity contribution in [3.05, 3.63) is 241 Å². The van der Waals surface area contributed by atoms with Gasteiger partial charge in [0.25, 0.3) is 0 Å². The zero-order valence-corrected chi connectivity index (χ0v) is 35.7. The number of hydrogen-bond acceptors (Lipinski definition) is 2. The van der Waals surface area contributed by atoms with Crippen LogP contribution in [0.5, 0.6) is 0 Å². The van der Waals surface area contributed by atoms with Crippen LogP contribution in [-0.2, 0) is 0 Å². The van der Waals surface area contributed by atoms with Gasteiger partial charge in [0.15, 0.2) is 0 Å². The third kappa shape index (κ3) is 7.20. The van der Waals surface area contributed by atoms with E-state index in [1.54, 1.807) is 0 Å². The van der Waals surface area contributed by atoms with Gasteiger partial charge >= 0.3 is 0 Å². The van der Waals surface area contributed by atoms with Crippen molar-refractivity contribution in [3.63, 3.8) is 0 Å². The Hall–Kier alpha value is -7.68. The van der Waals surface area contributed by atoms with E-state index in [1.807, 2.05) is 0 Å². The predicted octanol–water partition coefficient (Wildman–Crippen LogP) is 17.2. The number of hydrogen-bond donors (Lipinski definition) is 0. The van der Waals surface area contributed by atoms with Gasteiger partial charge in [-0.25, -0.2) is 0 Å². The highest BCUT2D eigenvalue weighted by molar-refractivity contribution is 5.96. The molecule has 0 saturated carbocycles. The van der Waals surface area contributed by atoms with Crippen molar-refractivity contribution in [1.29, 1.82) is 0 Å². The van der Waals surface area contributed by atoms with Crippen LogP contribution in [-0.4, -0.2) is 0 Å². The summed E-state index contributed by atoms with van der Waals surface area (Å²) in [6.07, 6.45) is 0. The Morgan fingerprint density at radius 2 is 0.581 bits per heavy atom. The first-order chi connectivity index (χ1) is 30.4. The standard InChI is InChI=1S/C60H48N2/c1-41-35-53(61(51-33-31-45-19-11-13-25-49(45)39-51)57-29-17-15-27-55(57)47-21-7-5-8-22-47)36-42(2)59(41)60-43(3)37-54(38-44(60)4)62(52-34-32-46-20-12-14-26-50(46)40-52)58-30-18-16-28-56(58)48-23-9-6-10-24-48/h5-40H,1-4H3. The van der Waals surface area contributed by atoms with Crippen LogP contribution in [0.3, 0.4) is 0 Å². The molecule has 0 heterocycles. The fraction of sp³-hybridized carbons (Fsp3) is 0.0667. The van der Waals surface area contributed by atoms with Gasteiger partial charge in [0.1, 0.15) is 0 Å². The van der Waals surface area contributed by atoms with Crippen LogP contribution in [0.15, 0.2) is 218 Å². The zero-order valence-electron chi connectivity index (χ0n) is 35.7. The molecule has 10 aromatic carbocycles. The minimum Gasteiger partial charge on any atom is -0.310 e. The second kappa shape index (κ2) is 16.4. The number of rotatable bonds is 9. The van der Waals surface area contributed by atoms with E-state index in [0.717, 1.165) is 34.1 Å². The van der Waals surface area contributed by atoms with Crippen molar-refractivity contribution in [2.24, 2.45) is 0 Å². The Morgan fingerprint density at radius 1 is 0.258 bits per heavy atom. The van der Waals surface area contributed by atoms with Crippen LogP contribution in [0.25, 0.3) is 54.9 Å². The van der Waals surface area contributed by atoms with Crippen molar-refractivity contribution in [2.75, 3.05) is 9.80 Å². The van der Waals surface area contributed by atoms with Crippen molar-refractivity contribution in [3.8, 4) is 33.4 Å². The van der Waals surface area contributed by atoms with Crippen molar-refractivity contribution in [1.82, 2.24) is 0 Å². The SMILES string of the molecule is Cc1cc(N(c2ccc3ccccc3c2)c2ccccc2-c2ccccc2)cc(C)c1-c1c(C)cc(N(c2ccc3ccccc3c2)c2ccccc2-c2ccccc2)cc1C. The minimum absolute atomic E-state index is 1.12. The minimum atomic E-state index is 1.12. The molecule has 0 aliphatic rings. The number of benzene rings is 10. The number of nitrogens with zero attached hydrogens (tertiary/aromatic N) is 2. The van der Waals surface area contributed by atoms with Crippen molar-refractivity contribution >= 4 is 55.7 Å². The molecule has 0 radical (unpaired) electrons. The van der Waals surface area contributed by atoms with Gasteiger partial charge in [-0.3, -0.25) is 0 Å². The topological polar surface area (TPSA) is 6.48 Å². The van der Waals surface area contributed by atoms with Crippen molar-refractivity contribution in [2.45, 2.75) is 27.7 Å². The summed E-state index contributed by atoms with van der Waals surface area (Å²) in [5, 5.41) is 4.89. The maximum absolute atomic E-state index is 2.44. The average Bonchev–Trinajstić information content (AvgIpc) is 3.31. The van der Waals surface area contributed by atoms with Crippen LogP contribution in [0, 0.1) is 27.7 Å². The van der Waals surface area contributed by atoms with Gasteiger partial charge in [-0.15, -0.1) is 0 Å². The largest absolute Gasteiger partial charge is 0.310 e. The molecule has 2 heteroatoms. The first-order valence-corrected chi connectivity index (χ1v) is 21.5. The summed E-state index contributed by atoms with van der Waals surface area (Å²) < 4.78 is 0. The van der Waals surface area contributed by atoms with Crippen LogP contribution in [0.1, 0.15) is 22.3 Å². The fourth-order valence-corrected chi connectivity index (χ4v) is 9.48. The van der Waals surface area contributed by atoms with E-state index >= 15 is 0 Å². The van der Waals surface area contributed by atoms with Gasteiger partial charge in [-0.1, -0.05) is 158 Å². The zero-order chi connectivity index (χ0) is 42.2. The van der Waals surface area contributed by atoms with E-state index in [9.17, 15) is 0 Å². The Labute approximate surface area is 365 Å². The second-order valence-corrected chi connectivity index (χ2v) is 16.4.